The third-order valence-electron chi connectivity index (χ3n) is 12.5. The van der Waals surface area contributed by atoms with Crippen LogP contribution in [0, 0.1) is 6.92 Å². The predicted molar refractivity (Wildman–Crippen MR) is 269 cm³/mol. The Hall–Kier alpha value is -7.04. The fraction of sp³-hybridized carbons (Fsp3) is 0.200. The molecule has 64 heavy (non-hydrogen) atoms. The third kappa shape index (κ3) is 8.17. The predicted octanol–water partition coefficient (Wildman–Crippen LogP) is 16.2. The molecular formula is C60H57N3O. The number of aryl methyl sites for hydroxylation is 1. The van der Waals surface area contributed by atoms with E-state index in [1.54, 1.807) is 0 Å². The monoisotopic (exact) mass is 836 g/mol. The minimum Gasteiger partial charge on any atom is -0.507 e. The molecule has 0 atom stereocenters. The number of phenolic OH excluding ortho intramolecular Hbond substituents is 1. The first-order valence-corrected chi connectivity index (χ1v) is 22.3. The number of phenols is 1. The van der Waals surface area contributed by atoms with Crippen LogP contribution in [0.1, 0.15) is 84.9 Å². The molecule has 0 spiro atoms. The fourth-order valence-electron chi connectivity index (χ4n) is 8.69. The van der Waals surface area contributed by atoms with E-state index in [2.05, 4.69) is 198 Å². The smallest absolute Gasteiger partial charge is 0.149 e. The Morgan fingerprint density at radius 3 is 1.84 bits per heavy atom. The summed E-state index contributed by atoms with van der Waals surface area (Å²) in [6.07, 6.45) is 1.91. The highest BCUT2D eigenvalue weighted by atomic mass is 16.3. The summed E-state index contributed by atoms with van der Waals surface area (Å²) in [6.45, 7) is 19.1. The van der Waals surface area contributed by atoms with E-state index in [0.717, 1.165) is 89.2 Å². The summed E-state index contributed by atoms with van der Waals surface area (Å²) in [5.41, 5.74) is 17.5. The average Bonchev–Trinajstić information content (AvgIpc) is 3.68. The van der Waals surface area contributed by atoms with E-state index < -0.39 is 5.89 Å². The maximum Gasteiger partial charge on any atom is 0.149 e. The number of fused-ring (bicyclic) bond motifs is 1. The Labute approximate surface area is 380 Å². The summed E-state index contributed by atoms with van der Waals surface area (Å²) in [4.78, 5) is 10.6. The van der Waals surface area contributed by atoms with Crippen molar-refractivity contribution >= 4 is 11.0 Å². The molecule has 1 N–H and O–H groups in total. The molecule has 7 aromatic carbocycles. The number of pyridine rings is 1. The molecule has 4 heteroatoms. The summed E-state index contributed by atoms with van der Waals surface area (Å²) in [5, 5.41) is 12.1. The van der Waals surface area contributed by atoms with E-state index in [0.29, 0.717) is 11.4 Å². The summed E-state index contributed by atoms with van der Waals surface area (Å²) in [5.74, 6) is 0.0206. The molecule has 9 aromatic rings. The van der Waals surface area contributed by atoms with Crippen LogP contribution in [0.4, 0.5) is 0 Å². The fourth-order valence-corrected chi connectivity index (χ4v) is 8.69. The minimum absolute atomic E-state index is 0.0691. The standard InChI is InChI=1S/C60H57N3O/c1-38(2)43-25-28-54(51(35-43)42-19-14-11-15-20-42)63-55-22-16-21-50(56(55)62-58(63)52-37-49(60(7,8)9)31-39(3)57(52)64)46-32-45(40-17-12-10-13-18-40)33-47(34-46)53-36-44(29-30-61-53)41-23-26-48(27-24-41)59(4,5)6/h10-38,64H,1-9H3/i38D. The molecule has 2 heterocycles. The number of aromatic nitrogens is 3. The van der Waals surface area contributed by atoms with Gasteiger partial charge in [0.2, 0.25) is 0 Å². The normalized spacial score (nSPS) is 12.4. The van der Waals surface area contributed by atoms with E-state index in [1.165, 1.54) is 5.56 Å². The SMILES string of the molecule is [2H]C(C)(C)c1ccc(-n2c(-c3cc(C(C)(C)C)cc(C)c3O)nc3c(-c4cc(-c5ccccc5)cc(-c5cc(-c6ccc(C(C)(C)C)cc6)ccn5)c4)cccc32)c(-c2ccccc2)c1. The Kier molecular flexibility index (Phi) is 10.6. The van der Waals surface area contributed by atoms with Crippen LogP contribution >= 0.6 is 0 Å². The van der Waals surface area contributed by atoms with E-state index in [9.17, 15) is 5.11 Å². The molecule has 0 saturated heterocycles. The largest absolute Gasteiger partial charge is 0.507 e. The minimum atomic E-state index is -0.821. The first-order valence-electron chi connectivity index (χ1n) is 22.8. The summed E-state index contributed by atoms with van der Waals surface area (Å²) in [7, 11) is 0. The second-order valence-corrected chi connectivity index (χ2v) is 19.4. The molecule has 9 rings (SSSR count). The van der Waals surface area contributed by atoms with Crippen LogP contribution in [-0.4, -0.2) is 19.6 Å². The van der Waals surface area contributed by atoms with Gasteiger partial charge in [-0.2, -0.15) is 0 Å². The zero-order chi connectivity index (χ0) is 45.8. The highest BCUT2D eigenvalue weighted by Crippen LogP contribution is 2.44. The van der Waals surface area contributed by atoms with E-state index in [-0.39, 0.29) is 16.6 Å². The van der Waals surface area contributed by atoms with Crippen molar-refractivity contribution in [3.8, 4) is 78.6 Å². The molecule has 0 fully saturated rings. The van der Waals surface area contributed by atoms with Gasteiger partial charge in [-0.25, -0.2) is 4.98 Å². The molecule has 0 amide bonds. The number of nitrogens with zero attached hydrogens (tertiary/aromatic N) is 3. The van der Waals surface area contributed by atoms with Crippen LogP contribution in [0.5, 0.6) is 5.75 Å². The van der Waals surface area contributed by atoms with E-state index >= 15 is 0 Å². The third-order valence-corrected chi connectivity index (χ3v) is 12.5. The lowest BCUT2D eigenvalue weighted by molar-refractivity contribution is 0.471. The summed E-state index contributed by atoms with van der Waals surface area (Å²) in [6, 6.07) is 57.6. The molecule has 0 aliphatic carbocycles. The van der Waals surface area contributed by atoms with Gasteiger partial charge in [0.15, 0.2) is 0 Å². The lowest BCUT2D eigenvalue weighted by Gasteiger charge is -2.22. The molecule has 318 valence electrons. The average molecular weight is 837 g/mol. The summed E-state index contributed by atoms with van der Waals surface area (Å²) >= 11 is 0. The zero-order valence-electron chi connectivity index (χ0n) is 39.5. The Bertz CT molecular complexity index is 3200. The molecular weight excluding hydrogens is 779 g/mol. The van der Waals surface area contributed by atoms with Crippen molar-refractivity contribution in [2.75, 3.05) is 0 Å². The molecule has 0 radical (unpaired) electrons. The zero-order valence-corrected chi connectivity index (χ0v) is 38.5. The molecule has 2 aromatic heterocycles. The molecule has 0 aliphatic heterocycles. The van der Waals surface area contributed by atoms with E-state index in [4.69, 9.17) is 11.3 Å². The molecule has 0 bridgehead atoms. The Morgan fingerprint density at radius 2 is 1.17 bits per heavy atom. The van der Waals surface area contributed by atoms with Crippen molar-refractivity contribution in [1.82, 2.24) is 14.5 Å². The second kappa shape index (κ2) is 16.6. The van der Waals surface area contributed by atoms with Gasteiger partial charge in [0, 0.05) is 24.3 Å². The molecule has 0 saturated carbocycles. The number of rotatable bonds is 8. The van der Waals surface area contributed by atoms with Gasteiger partial charge in [-0.05, 0) is 134 Å². The van der Waals surface area contributed by atoms with Crippen molar-refractivity contribution < 1.29 is 6.48 Å². The maximum absolute atomic E-state index is 12.1. The summed E-state index contributed by atoms with van der Waals surface area (Å²) < 4.78 is 11.2. The topological polar surface area (TPSA) is 50.9 Å². The van der Waals surface area contributed by atoms with Crippen molar-refractivity contribution in [2.45, 2.75) is 79.0 Å². The van der Waals surface area contributed by atoms with Crippen LogP contribution < -0.4 is 0 Å². The van der Waals surface area contributed by atoms with Gasteiger partial charge < -0.3 is 5.11 Å². The number of hydrogen-bond donors (Lipinski definition) is 1. The van der Waals surface area contributed by atoms with Crippen LogP contribution in [0.3, 0.4) is 0 Å². The number of benzene rings is 7. The van der Waals surface area contributed by atoms with Gasteiger partial charge in [-0.15, -0.1) is 0 Å². The molecule has 0 aliphatic rings. The van der Waals surface area contributed by atoms with Crippen molar-refractivity contribution in [1.29, 1.82) is 0 Å². The van der Waals surface area contributed by atoms with Crippen LogP contribution in [-0.2, 0) is 10.8 Å². The van der Waals surface area contributed by atoms with Gasteiger partial charge in [0.05, 0.1) is 28.0 Å². The van der Waals surface area contributed by atoms with Crippen LogP contribution in [0.25, 0.3) is 83.9 Å². The van der Waals surface area contributed by atoms with Crippen LogP contribution in [0.15, 0.2) is 170 Å². The van der Waals surface area contributed by atoms with Gasteiger partial charge in [0.25, 0.3) is 0 Å². The Morgan fingerprint density at radius 1 is 0.531 bits per heavy atom. The van der Waals surface area contributed by atoms with E-state index in [1.807, 2.05) is 39.1 Å². The highest BCUT2D eigenvalue weighted by Gasteiger charge is 2.26. The second-order valence-electron chi connectivity index (χ2n) is 19.4. The number of hydrogen-bond acceptors (Lipinski definition) is 3. The number of imidazole rings is 1. The van der Waals surface area contributed by atoms with Gasteiger partial charge in [-0.3, -0.25) is 9.55 Å². The highest BCUT2D eigenvalue weighted by molar-refractivity contribution is 5.98. The van der Waals surface area contributed by atoms with Crippen molar-refractivity contribution in [3.05, 3.63) is 192 Å². The molecule has 4 nitrogen and oxygen atoms in total. The lowest BCUT2D eigenvalue weighted by atomic mass is 9.84. The van der Waals surface area contributed by atoms with Gasteiger partial charge in [0.1, 0.15) is 11.6 Å². The van der Waals surface area contributed by atoms with Crippen molar-refractivity contribution in [2.24, 2.45) is 0 Å². The number of aromatic hydroxyl groups is 1. The lowest BCUT2D eigenvalue weighted by Crippen LogP contribution is -2.12. The maximum atomic E-state index is 12.1. The first kappa shape index (κ1) is 41.0. The van der Waals surface area contributed by atoms with Gasteiger partial charge >= 0.3 is 0 Å². The quantitative estimate of drug-likeness (QED) is 0.166. The molecule has 0 unspecified atom stereocenters. The number of para-hydroxylation sites is 1. The van der Waals surface area contributed by atoms with Crippen molar-refractivity contribution in [3.63, 3.8) is 0 Å². The van der Waals surface area contributed by atoms with Crippen LogP contribution in [0.2, 0.25) is 0 Å². The van der Waals surface area contributed by atoms with Gasteiger partial charge in [-0.1, -0.05) is 165 Å². The first-order chi connectivity index (χ1) is 30.9. The Balaban J connectivity index is 1.31.